The van der Waals surface area contributed by atoms with Crippen LogP contribution in [0.4, 0.5) is 0 Å². The number of benzene rings is 5. The Hall–Kier alpha value is -9.20. The fraction of sp³-hybridized carbons (Fsp3) is 0.424. The predicted molar refractivity (Wildman–Crippen MR) is 349 cm³/mol. The minimum atomic E-state index is -2.35. The molecule has 2 saturated heterocycles. The second kappa shape index (κ2) is 30.2. The van der Waals surface area contributed by atoms with Crippen molar-refractivity contribution in [1.29, 1.82) is 0 Å². The first kappa shape index (κ1) is 74.5. The third-order valence-corrected chi connectivity index (χ3v) is 18.4. The summed E-state index contributed by atoms with van der Waals surface area (Å²) >= 11 is 14.1. The van der Waals surface area contributed by atoms with Crippen molar-refractivity contribution in [2.75, 3.05) is 13.7 Å². The van der Waals surface area contributed by atoms with Crippen LogP contribution in [0.5, 0.6) is 46.0 Å². The maximum absolute atomic E-state index is 16.0. The number of carboxylic acids is 1. The summed E-state index contributed by atoms with van der Waals surface area (Å²) < 4.78 is 38.3. The summed E-state index contributed by atoms with van der Waals surface area (Å²) in [6.07, 6.45) is -18.6. The number of carbonyl (C=O) groups is 8. The lowest BCUT2D eigenvalue weighted by Gasteiger charge is -2.47. The molecule has 0 aliphatic carbocycles. The first-order chi connectivity index (χ1) is 47.7. The standard InChI is InChI=1S/C66H75Cl2N9O24/c1-23(2)12-34(71-5)58(88)76-49-51(83)26-7-10-38(32(67)14-26)97-40-16-28-17-41(55(40)101-65-56(54(86)53(85)42(22-78)99-65)100-44-21-66(4,70)57(87)24(3)96-44)98-39-11-8-27(15-33(39)68)52(84)50-63(93)75-48(64(94)95)31-18-29(79)19-37(81)45(31)30-13-25(6-9-36(30)80)46(60(90)77-50)74-61(91)47(28)73-59(89)35(20-43(69)82)72-62(49)92/h6-11,13-19,23-24,34-35,42,44,46-54,56-57,65,71,78-81,83-87H,12,20-22,70H2,1-5H3,(H2,69,82)(H,72,92)(H,73,89)(H,74,91)(H,75,93)(H,76,88)(H,77,90)(H,94,95)/t24?,34-,35+,42-,44+,46-,47-,48+,49-,50+,51-,52-,53+,54?,56?,57+,65-,66-/m1/s1. The molecule has 0 spiro atoms. The highest BCUT2D eigenvalue weighted by Crippen LogP contribution is 2.50. The van der Waals surface area contributed by atoms with Crippen LogP contribution in [0, 0.1) is 5.92 Å². The Bertz CT molecular complexity index is 4070. The van der Waals surface area contributed by atoms with Crippen LogP contribution < -0.4 is 62.9 Å². The number of aliphatic hydroxyl groups is 6. The number of aliphatic hydroxyl groups excluding tert-OH is 6. The van der Waals surface area contributed by atoms with Crippen LogP contribution in [0.1, 0.15) is 105 Å². The van der Waals surface area contributed by atoms with Crippen LogP contribution in [0.25, 0.3) is 11.1 Å². The van der Waals surface area contributed by atoms with E-state index in [4.69, 9.17) is 63.1 Å². The fourth-order valence-electron chi connectivity index (χ4n) is 12.5. The molecule has 0 radical (unpaired) electrons. The van der Waals surface area contributed by atoms with E-state index in [-0.39, 0.29) is 46.2 Å². The Morgan fingerprint density at radius 3 is 1.90 bits per heavy atom. The number of nitrogens with two attached hydrogens (primary N) is 2. The number of ether oxygens (including phenoxy) is 6. The van der Waals surface area contributed by atoms with Crippen LogP contribution in [-0.2, 0) is 52.6 Å². The zero-order chi connectivity index (χ0) is 73.5. The molecule has 5 aromatic rings. The van der Waals surface area contributed by atoms with Crippen LogP contribution in [-0.4, -0.2) is 191 Å². The van der Waals surface area contributed by atoms with E-state index in [0.717, 1.165) is 66.7 Å². The number of fused-ring (bicyclic) bond motifs is 15. The normalized spacial score (nSPS) is 29.4. The number of aromatic hydroxyl groups is 3. The van der Waals surface area contributed by atoms with Gasteiger partial charge in [0, 0.05) is 34.7 Å². The van der Waals surface area contributed by atoms with Crippen molar-refractivity contribution in [2.24, 2.45) is 17.4 Å². The van der Waals surface area contributed by atoms with Crippen molar-refractivity contribution >= 4 is 70.5 Å². The van der Waals surface area contributed by atoms with E-state index in [1.54, 1.807) is 0 Å². The molecule has 7 heterocycles. The number of likely N-dealkylation sites (N-methyl/N-ethyl adjacent to an activating group) is 1. The average molecular weight is 1450 g/mol. The number of halogens is 2. The number of phenolic OH excluding ortho intramolecular Hbond substituents is 3. The van der Waals surface area contributed by atoms with Crippen molar-refractivity contribution < 1.29 is 118 Å². The number of primary amides is 1. The van der Waals surface area contributed by atoms with Crippen LogP contribution in [0.3, 0.4) is 0 Å². The van der Waals surface area contributed by atoms with Gasteiger partial charge in [-0.15, -0.1) is 0 Å². The molecule has 0 aromatic heterocycles. The van der Waals surface area contributed by atoms with E-state index in [0.29, 0.717) is 0 Å². The van der Waals surface area contributed by atoms with Crippen molar-refractivity contribution in [2.45, 2.75) is 156 Å². The van der Waals surface area contributed by atoms with Crippen molar-refractivity contribution in [1.82, 2.24) is 37.2 Å². The van der Waals surface area contributed by atoms with E-state index in [1.165, 1.54) is 33.0 Å². The Morgan fingerprint density at radius 2 is 1.32 bits per heavy atom. The second-order valence-corrected chi connectivity index (χ2v) is 26.5. The third-order valence-electron chi connectivity index (χ3n) is 17.8. The van der Waals surface area contributed by atoms with E-state index in [1.807, 2.05) is 13.8 Å². The lowest BCUT2D eigenvalue weighted by Crippen LogP contribution is -2.64. The van der Waals surface area contributed by atoms with Crippen LogP contribution in [0.15, 0.2) is 78.9 Å². The summed E-state index contributed by atoms with van der Waals surface area (Å²) in [5, 5.41) is 131. The molecular weight excluding hydrogens is 1370 g/mol. The molecule has 0 saturated carbocycles. The zero-order valence-corrected chi connectivity index (χ0v) is 55.8. The van der Waals surface area contributed by atoms with E-state index in [9.17, 15) is 75.0 Å². The van der Waals surface area contributed by atoms with Gasteiger partial charge < -0.3 is 128 Å². The highest BCUT2D eigenvalue weighted by atomic mass is 35.5. The number of rotatable bonds is 13. The van der Waals surface area contributed by atoms with Gasteiger partial charge in [0.25, 0.3) is 0 Å². The Kier molecular flexibility index (Phi) is 22.2. The maximum atomic E-state index is 16.0. The lowest BCUT2D eigenvalue weighted by atomic mass is 9.86. The van der Waals surface area contributed by atoms with Crippen molar-refractivity contribution in [3.8, 4) is 57.1 Å². The summed E-state index contributed by atoms with van der Waals surface area (Å²) in [5.74, 6) is -16.0. The van der Waals surface area contributed by atoms with Crippen molar-refractivity contribution in [3.63, 3.8) is 0 Å². The number of aliphatic carboxylic acids is 1. The van der Waals surface area contributed by atoms with Gasteiger partial charge in [-0.05, 0) is 110 Å². The highest BCUT2D eigenvalue weighted by Gasteiger charge is 2.51. The molecule has 33 nitrogen and oxygen atoms in total. The number of hydrogen-bond acceptors (Lipinski definition) is 25. The highest BCUT2D eigenvalue weighted by molar-refractivity contribution is 6.32. The molecule has 11 bridgehead atoms. The summed E-state index contributed by atoms with van der Waals surface area (Å²) in [6.45, 7) is 5.66. The smallest absolute Gasteiger partial charge is 0.330 e. The molecule has 2 fully saturated rings. The number of hydrogen-bond donors (Lipinski definition) is 19. The molecule has 7 aliphatic heterocycles. The number of amides is 7. The largest absolute Gasteiger partial charge is 0.508 e. The van der Waals surface area contributed by atoms with E-state index in [2.05, 4.69) is 37.2 Å². The molecule has 5 aromatic carbocycles. The number of carbonyl (C=O) groups excluding carboxylic acids is 7. The summed E-state index contributed by atoms with van der Waals surface area (Å²) in [4.78, 5) is 117. The molecule has 21 N–H and O–H groups in total. The van der Waals surface area contributed by atoms with Gasteiger partial charge in [0.15, 0.2) is 29.9 Å². The monoisotopic (exact) mass is 1450 g/mol. The Balaban J connectivity index is 1.24. The van der Waals surface area contributed by atoms with Gasteiger partial charge in [-0.25, -0.2) is 4.79 Å². The first-order valence-corrected chi connectivity index (χ1v) is 32.4. The second-order valence-electron chi connectivity index (χ2n) is 25.7. The third kappa shape index (κ3) is 15.8. The molecule has 12 rings (SSSR count). The topological polar surface area (TPSA) is 530 Å². The molecule has 542 valence electrons. The van der Waals surface area contributed by atoms with Gasteiger partial charge >= 0.3 is 5.97 Å². The predicted octanol–water partition coefficient (Wildman–Crippen LogP) is 0.106. The van der Waals surface area contributed by atoms with Crippen LogP contribution in [0.2, 0.25) is 10.0 Å². The minimum Gasteiger partial charge on any atom is -0.508 e. The summed E-state index contributed by atoms with van der Waals surface area (Å²) in [7, 11) is 1.47. The lowest BCUT2D eigenvalue weighted by molar-refractivity contribution is -0.333. The van der Waals surface area contributed by atoms with Gasteiger partial charge in [0.05, 0.1) is 41.3 Å². The molecular formula is C66H75Cl2N9O24. The van der Waals surface area contributed by atoms with Gasteiger partial charge in [0.1, 0.15) is 89.5 Å². The molecule has 7 aliphatic rings. The summed E-state index contributed by atoms with van der Waals surface area (Å²) in [5.41, 5.74) is 8.00. The number of carboxylic acid groups (broad SMARTS) is 1. The average Bonchev–Trinajstić information content (AvgIpc) is 0.775. The number of phenols is 3. The van der Waals surface area contributed by atoms with Crippen molar-refractivity contribution in [3.05, 3.63) is 117 Å². The quantitative estimate of drug-likeness (QED) is 0.0743. The SMILES string of the molecule is CN[C@H](CC(C)C)C(=O)N[C@H]1C(=O)N[C@@H](CC(N)=O)C(=O)N[C@H]2C(=O)N[C@H]3C(=O)N[C@H](C(=O)N[C@H](C(=O)O)c4cc(O)cc(O)c4-c4cc3ccc4O)[C@H](O)c3ccc(c(Cl)c3)Oc3cc2cc(c3O[C@H]2O[C@H](CO)[C@H](O)C(O)C2O[C@H]2C[C@@](C)(N)[C@@H](O)C(C)O2)Oc2ccc(cc2Cl)[C@H]1O. The van der Waals surface area contributed by atoms with Gasteiger partial charge in [0.2, 0.25) is 53.4 Å². The zero-order valence-electron chi connectivity index (χ0n) is 54.3. The Morgan fingerprint density at radius 1 is 0.713 bits per heavy atom. The van der Waals surface area contributed by atoms with Crippen LogP contribution >= 0.6 is 23.2 Å². The van der Waals surface area contributed by atoms with E-state index < -0.39 is 237 Å². The maximum Gasteiger partial charge on any atom is 0.330 e. The molecule has 18 atom stereocenters. The fourth-order valence-corrected chi connectivity index (χ4v) is 12.9. The summed E-state index contributed by atoms with van der Waals surface area (Å²) in [6, 6.07) is -0.679. The number of nitrogens with one attached hydrogen (secondary N) is 7. The first-order valence-electron chi connectivity index (χ1n) is 31.6. The molecule has 7 amide bonds. The van der Waals surface area contributed by atoms with Gasteiger partial charge in [-0.3, -0.25) is 33.6 Å². The minimum absolute atomic E-state index is 0.0975. The van der Waals surface area contributed by atoms with Gasteiger partial charge in [-0.1, -0.05) is 55.2 Å². The Labute approximate surface area is 584 Å². The molecule has 101 heavy (non-hydrogen) atoms. The van der Waals surface area contributed by atoms with E-state index >= 15 is 14.4 Å². The van der Waals surface area contributed by atoms with Gasteiger partial charge in [-0.2, -0.15) is 0 Å². The molecule has 35 heteroatoms. The molecule has 3 unspecified atom stereocenters.